The molecule has 0 aromatic heterocycles. The molecule has 0 radical (unpaired) electrons. The second kappa shape index (κ2) is 5.25. The molecule has 0 atom stereocenters. The van der Waals surface area contributed by atoms with E-state index in [0.717, 1.165) is 32.4 Å². The Labute approximate surface area is 106 Å². The summed E-state index contributed by atoms with van der Waals surface area (Å²) in [5.41, 5.74) is 6.40. The van der Waals surface area contributed by atoms with Crippen LogP contribution in [0, 0.1) is 5.82 Å². The molecule has 1 aliphatic heterocycles. The first-order chi connectivity index (χ1) is 8.63. The van der Waals surface area contributed by atoms with Gasteiger partial charge in [0.25, 0.3) is 0 Å². The number of anilines is 2. The Morgan fingerprint density at radius 3 is 2.61 bits per heavy atom. The Morgan fingerprint density at radius 1 is 1.33 bits per heavy atom. The van der Waals surface area contributed by atoms with Crippen LogP contribution >= 0.6 is 0 Å². The number of nitrogen functional groups attached to an aromatic ring is 1. The maximum Gasteiger partial charge on any atom is 0.340 e. The number of carbonyl (C=O) groups is 1. The number of piperidine rings is 1. The van der Waals surface area contributed by atoms with Gasteiger partial charge >= 0.3 is 5.97 Å². The smallest absolute Gasteiger partial charge is 0.340 e. The highest BCUT2D eigenvalue weighted by Gasteiger charge is 2.19. The zero-order chi connectivity index (χ0) is 13.1. The summed E-state index contributed by atoms with van der Waals surface area (Å²) in [7, 11) is 1.28. The summed E-state index contributed by atoms with van der Waals surface area (Å²) in [5.74, 6) is -0.923. The predicted octanol–water partition coefficient (Wildman–Crippen LogP) is 2.18. The standard InChI is InChI=1S/C13H17FN2O2/c1-18-13(17)9-7-12(10(14)8-11(9)15)16-5-3-2-4-6-16/h7-8H,2-6,15H2,1H3. The van der Waals surface area contributed by atoms with Crippen LogP contribution in [0.1, 0.15) is 29.6 Å². The van der Waals surface area contributed by atoms with E-state index in [0.29, 0.717) is 5.69 Å². The fraction of sp³-hybridized carbons (Fsp3) is 0.462. The molecule has 1 heterocycles. The molecule has 0 amide bonds. The van der Waals surface area contributed by atoms with E-state index < -0.39 is 5.97 Å². The molecule has 0 aliphatic carbocycles. The van der Waals surface area contributed by atoms with Crippen molar-refractivity contribution in [3.8, 4) is 0 Å². The highest BCUT2D eigenvalue weighted by atomic mass is 19.1. The molecule has 18 heavy (non-hydrogen) atoms. The number of methoxy groups -OCH3 is 1. The van der Waals surface area contributed by atoms with Gasteiger partial charge in [0.05, 0.1) is 18.4 Å². The van der Waals surface area contributed by atoms with Crippen molar-refractivity contribution < 1.29 is 13.9 Å². The molecular weight excluding hydrogens is 235 g/mol. The number of nitrogens with two attached hydrogens (primary N) is 1. The maximum absolute atomic E-state index is 13.9. The van der Waals surface area contributed by atoms with Crippen LogP contribution in [0.3, 0.4) is 0 Å². The minimum Gasteiger partial charge on any atom is -0.465 e. The third-order valence-corrected chi connectivity index (χ3v) is 3.22. The van der Waals surface area contributed by atoms with Crippen LogP contribution in [-0.4, -0.2) is 26.2 Å². The zero-order valence-corrected chi connectivity index (χ0v) is 10.4. The molecule has 0 bridgehead atoms. The largest absolute Gasteiger partial charge is 0.465 e. The summed E-state index contributed by atoms with van der Waals surface area (Å²) in [6.45, 7) is 1.61. The second-order valence-corrected chi connectivity index (χ2v) is 4.43. The Bertz CT molecular complexity index is 457. The topological polar surface area (TPSA) is 55.6 Å². The van der Waals surface area contributed by atoms with E-state index in [9.17, 15) is 9.18 Å². The molecule has 1 aromatic rings. The van der Waals surface area contributed by atoms with Crippen LogP contribution in [0.25, 0.3) is 0 Å². The van der Waals surface area contributed by atoms with Gasteiger partial charge in [-0.05, 0) is 31.4 Å². The lowest BCUT2D eigenvalue weighted by Crippen LogP contribution is -2.30. The zero-order valence-electron chi connectivity index (χ0n) is 10.4. The molecule has 4 nitrogen and oxygen atoms in total. The SMILES string of the molecule is COC(=O)c1cc(N2CCCCC2)c(F)cc1N. The number of ether oxygens (including phenoxy) is 1. The number of nitrogens with zero attached hydrogens (tertiary/aromatic N) is 1. The fourth-order valence-electron chi connectivity index (χ4n) is 2.24. The van der Waals surface area contributed by atoms with Crippen LogP contribution in [0.5, 0.6) is 0 Å². The minimum absolute atomic E-state index is 0.111. The van der Waals surface area contributed by atoms with Gasteiger partial charge in [-0.3, -0.25) is 0 Å². The van der Waals surface area contributed by atoms with Crippen molar-refractivity contribution in [3.63, 3.8) is 0 Å². The van der Waals surface area contributed by atoms with E-state index in [4.69, 9.17) is 5.73 Å². The van der Waals surface area contributed by atoms with Crippen LogP contribution in [0.2, 0.25) is 0 Å². The van der Waals surface area contributed by atoms with Crippen molar-refractivity contribution >= 4 is 17.3 Å². The number of hydrogen-bond acceptors (Lipinski definition) is 4. The molecule has 0 spiro atoms. The maximum atomic E-state index is 13.9. The molecule has 5 heteroatoms. The molecule has 1 aliphatic rings. The van der Waals surface area contributed by atoms with E-state index in [2.05, 4.69) is 4.74 Å². The van der Waals surface area contributed by atoms with Crippen LogP contribution in [-0.2, 0) is 4.74 Å². The quantitative estimate of drug-likeness (QED) is 0.647. The van der Waals surface area contributed by atoms with Crippen molar-refractivity contribution in [2.75, 3.05) is 30.8 Å². The molecule has 2 rings (SSSR count). The summed E-state index contributed by atoms with van der Waals surface area (Å²) in [6.07, 6.45) is 3.24. The van der Waals surface area contributed by atoms with Crippen molar-refractivity contribution in [3.05, 3.63) is 23.5 Å². The number of benzene rings is 1. The molecular formula is C13H17FN2O2. The third kappa shape index (κ3) is 2.39. The van der Waals surface area contributed by atoms with Gasteiger partial charge in [0.15, 0.2) is 0 Å². The molecule has 1 saturated heterocycles. The number of esters is 1. The first kappa shape index (κ1) is 12.7. The van der Waals surface area contributed by atoms with E-state index in [1.54, 1.807) is 0 Å². The Hall–Kier alpha value is -1.78. The van der Waals surface area contributed by atoms with Gasteiger partial charge in [-0.2, -0.15) is 0 Å². The number of carbonyl (C=O) groups excluding carboxylic acids is 1. The van der Waals surface area contributed by atoms with Crippen molar-refractivity contribution in [1.29, 1.82) is 0 Å². The van der Waals surface area contributed by atoms with Gasteiger partial charge in [0.1, 0.15) is 5.82 Å². The monoisotopic (exact) mass is 252 g/mol. The predicted molar refractivity (Wildman–Crippen MR) is 68.2 cm³/mol. The first-order valence-electron chi connectivity index (χ1n) is 6.05. The minimum atomic E-state index is -0.536. The summed E-state index contributed by atoms with van der Waals surface area (Å²) in [4.78, 5) is 13.5. The summed E-state index contributed by atoms with van der Waals surface area (Å²) in [5, 5.41) is 0. The summed E-state index contributed by atoms with van der Waals surface area (Å²) >= 11 is 0. The first-order valence-corrected chi connectivity index (χ1v) is 6.05. The highest BCUT2D eigenvalue weighted by Crippen LogP contribution is 2.28. The summed E-state index contributed by atoms with van der Waals surface area (Å²) < 4.78 is 18.5. The summed E-state index contributed by atoms with van der Waals surface area (Å²) in [6, 6.07) is 2.68. The molecule has 0 unspecified atom stereocenters. The number of halogens is 1. The van der Waals surface area contributed by atoms with Gasteiger partial charge in [-0.25, -0.2) is 9.18 Å². The molecule has 1 aromatic carbocycles. The molecule has 0 saturated carbocycles. The van der Waals surface area contributed by atoms with Gasteiger partial charge in [0.2, 0.25) is 0 Å². The molecule has 1 fully saturated rings. The second-order valence-electron chi connectivity index (χ2n) is 4.43. The van der Waals surface area contributed by atoms with Gasteiger partial charge in [0, 0.05) is 18.8 Å². The van der Waals surface area contributed by atoms with E-state index >= 15 is 0 Å². The van der Waals surface area contributed by atoms with Gasteiger partial charge < -0.3 is 15.4 Å². The van der Waals surface area contributed by atoms with Crippen molar-refractivity contribution in [2.45, 2.75) is 19.3 Å². The van der Waals surface area contributed by atoms with E-state index in [1.165, 1.54) is 19.2 Å². The molecule has 2 N–H and O–H groups in total. The number of hydrogen-bond donors (Lipinski definition) is 1. The fourth-order valence-corrected chi connectivity index (χ4v) is 2.24. The van der Waals surface area contributed by atoms with Crippen LogP contribution < -0.4 is 10.6 Å². The van der Waals surface area contributed by atoms with E-state index in [-0.39, 0.29) is 17.1 Å². The average Bonchev–Trinajstić information content (AvgIpc) is 2.39. The van der Waals surface area contributed by atoms with Crippen LogP contribution in [0.15, 0.2) is 12.1 Å². The van der Waals surface area contributed by atoms with Gasteiger partial charge in [-0.1, -0.05) is 0 Å². The normalized spacial score (nSPS) is 15.6. The lowest BCUT2D eigenvalue weighted by molar-refractivity contribution is 0.0602. The highest BCUT2D eigenvalue weighted by molar-refractivity contribution is 5.96. The van der Waals surface area contributed by atoms with Gasteiger partial charge in [-0.15, -0.1) is 0 Å². The lowest BCUT2D eigenvalue weighted by atomic mass is 10.1. The van der Waals surface area contributed by atoms with Crippen LogP contribution in [0.4, 0.5) is 15.8 Å². The average molecular weight is 252 g/mol. The Balaban J connectivity index is 2.37. The Kier molecular flexibility index (Phi) is 3.69. The lowest BCUT2D eigenvalue weighted by Gasteiger charge is -2.29. The van der Waals surface area contributed by atoms with Crippen molar-refractivity contribution in [1.82, 2.24) is 0 Å². The number of rotatable bonds is 2. The third-order valence-electron chi connectivity index (χ3n) is 3.22. The van der Waals surface area contributed by atoms with E-state index in [1.807, 2.05) is 4.90 Å². The Morgan fingerprint density at radius 2 is 2.00 bits per heavy atom. The molecule has 98 valence electrons. The van der Waals surface area contributed by atoms with Crippen molar-refractivity contribution in [2.24, 2.45) is 0 Å².